The maximum Gasteiger partial charge on any atom is 0.133 e. The van der Waals surface area contributed by atoms with Gasteiger partial charge in [-0.1, -0.05) is 39.8 Å². The van der Waals surface area contributed by atoms with Crippen LogP contribution in [0.4, 0.5) is 0 Å². The van der Waals surface area contributed by atoms with Gasteiger partial charge in [0.15, 0.2) is 0 Å². The van der Waals surface area contributed by atoms with Crippen LogP contribution in [0.2, 0.25) is 0 Å². The average molecular weight is 198 g/mol. The lowest BCUT2D eigenvalue weighted by Gasteiger charge is -2.01. The zero-order valence-electron chi connectivity index (χ0n) is 6.77. The smallest absolute Gasteiger partial charge is 0.133 e. The van der Waals surface area contributed by atoms with Crippen LogP contribution in [0.5, 0.6) is 0 Å². The van der Waals surface area contributed by atoms with Crippen LogP contribution in [0.1, 0.15) is 6.92 Å². The quantitative estimate of drug-likeness (QED) is 0.547. The number of carbonyl (C=O) groups excluding carboxylic acids is 1. The fourth-order valence-electron chi connectivity index (χ4n) is 0.630. The normalized spacial score (nSPS) is 12.4. The van der Waals surface area contributed by atoms with Gasteiger partial charge in [0.1, 0.15) is 6.29 Å². The summed E-state index contributed by atoms with van der Waals surface area (Å²) in [5, 5.41) is 0.0650. The highest BCUT2D eigenvalue weighted by molar-refractivity contribution is 8.77. The predicted octanol–water partition coefficient (Wildman–Crippen LogP) is 3.01. The van der Waals surface area contributed by atoms with Gasteiger partial charge in [0, 0.05) is 4.90 Å². The average Bonchev–Trinajstić information content (AvgIpc) is 2.16. The van der Waals surface area contributed by atoms with E-state index < -0.39 is 0 Å². The molecule has 1 aromatic carbocycles. The maximum absolute atomic E-state index is 10.3. The molecule has 0 heterocycles. The van der Waals surface area contributed by atoms with Crippen LogP contribution in [0.3, 0.4) is 0 Å². The Morgan fingerprint density at radius 3 is 2.58 bits per heavy atom. The first kappa shape index (κ1) is 9.68. The molecule has 0 saturated carbocycles. The number of hydrogen-bond donors (Lipinski definition) is 0. The van der Waals surface area contributed by atoms with Crippen LogP contribution in [0, 0.1) is 0 Å². The zero-order chi connectivity index (χ0) is 8.81. The number of aldehydes is 1. The van der Waals surface area contributed by atoms with Crippen LogP contribution in [-0.4, -0.2) is 11.5 Å². The molecule has 1 rings (SSSR count). The Balaban J connectivity index is 2.38. The molecule has 0 aromatic heterocycles. The summed E-state index contributed by atoms with van der Waals surface area (Å²) in [4.78, 5) is 11.5. The fourth-order valence-corrected chi connectivity index (χ4v) is 2.46. The third-order valence-corrected chi connectivity index (χ3v) is 3.98. The molecule has 0 N–H and O–H groups in total. The molecule has 12 heavy (non-hydrogen) atoms. The Kier molecular flexibility index (Phi) is 4.25. The van der Waals surface area contributed by atoms with E-state index in [4.69, 9.17) is 0 Å². The van der Waals surface area contributed by atoms with E-state index in [1.54, 1.807) is 21.6 Å². The first-order valence-corrected chi connectivity index (χ1v) is 5.88. The van der Waals surface area contributed by atoms with Gasteiger partial charge in [0.2, 0.25) is 0 Å². The molecular weight excluding hydrogens is 188 g/mol. The van der Waals surface area contributed by atoms with Gasteiger partial charge in [0.25, 0.3) is 0 Å². The second-order valence-electron chi connectivity index (χ2n) is 2.33. The fraction of sp³-hybridized carbons (Fsp3) is 0.222. The van der Waals surface area contributed by atoms with E-state index in [2.05, 4.69) is 0 Å². The first-order chi connectivity index (χ1) is 5.83. The predicted molar refractivity (Wildman–Crippen MR) is 55.4 cm³/mol. The summed E-state index contributed by atoms with van der Waals surface area (Å²) in [6.45, 7) is 1.90. The molecule has 1 atom stereocenters. The van der Waals surface area contributed by atoms with Crippen molar-refractivity contribution in [3.05, 3.63) is 30.3 Å². The van der Waals surface area contributed by atoms with Crippen molar-refractivity contribution < 1.29 is 4.79 Å². The van der Waals surface area contributed by atoms with E-state index in [1.807, 2.05) is 37.3 Å². The lowest BCUT2D eigenvalue weighted by Crippen LogP contribution is -1.92. The Hall–Kier alpha value is -0.410. The summed E-state index contributed by atoms with van der Waals surface area (Å²) in [6.07, 6.45) is 0.959. The van der Waals surface area contributed by atoms with Crippen molar-refractivity contribution in [3.8, 4) is 0 Å². The van der Waals surface area contributed by atoms with Crippen molar-refractivity contribution in [1.29, 1.82) is 0 Å². The first-order valence-electron chi connectivity index (χ1n) is 3.66. The molecule has 0 spiro atoms. The van der Waals surface area contributed by atoms with Crippen molar-refractivity contribution in [1.82, 2.24) is 0 Å². The van der Waals surface area contributed by atoms with Gasteiger partial charge in [-0.05, 0) is 19.1 Å². The molecule has 1 unspecified atom stereocenters. The maximum atomic E-state index is 10.3. The molecule has 0 aliphatic rings. The molecule has 0 radical (unpaired) electrons. The highest BCUT2D eigenvalue weighted by Gasteiger charge is 2.00. The van der Waals surface area contributed by atoms with Crippen LogP contribution >= 0.6 is 21.6 Å². The van der Waals surface area contributed by atoms with Crippen LogP contribution in [-0.2, 0) is 4.79 Å². The molecule has 1 aromatic rings. The molecule has 1 nitrogen and oxygen atoms in total. The standard InChI is InChI=1S/C9H10OS2/c1-8(7-10)11-12-9-5-3-2-4-6-9/h2-8H,1H3. The summed E-state index contributed by atoms with van der Waals surface area (Å²) in [5.74, 6) is 0. The molecule has 0 saturated heterocycles. The minimum absolute atomic E-state index is 0.0650. The van der Waals surface area contributed by atoms with Gasteiger partial charge in [0.05, 0.1) is 5.25 Å². The Bertz CT molecular complexity index is 236. The van der Waals surface area contributed by atoms with Gasteiger partial charge in [-0.15, -0.1) is 0 Å². The van der Waals surface area contributed by atoms with E-state index in [9.17, 15) is 4.79 Å². The summed E-state index contributed by atoms with van der Waals surface area (Å²) in [5.41, 5.74) is 0. The van der Waals surface area contributed by atoms with Crippen LogP contribution in [0.15, 0.2) is 35.2 Å². The number of hydrogen-bond acceptors (Lipinski definition) is 3. The molecule has 0 amide bonds. The molecule has 0 bridgehead atoms. The lowest BCUT2D eigenvalue weighted by atomic mass is 10.4. The minimum Gasteiger partial charge on any atom is -0.302 e. The zero-order valence-corrected chi connectivity index (χ0v) is 8.40. The highest BCUT2D eigenvalue weighted by Crippen LogP contribution is 2.33. The molecule has 0 fully saturated rings. The van der Waals surface area contributed by atoms with Crippen molar-refractivity contribution in [2.75, 3.05) is 0 Å². The van der Waals surface area contributed by atoms with Crippen molar-refractivity contribution in [2.24, 2.45) is 0 Å². The third-order valence-electron chi connectivity index (χ3n) is 1.23. The van der Waals surface area contributed by atoms with E-state index >= 15 is 0 Å². The molecule has 3 heteroatoms. The van der Waals surface area contributed by atoms with Gasteiger partial charge in [-0.3, -0.25) is 0 Å². The number of rotatable bonds is 4. The Morgan fingerprint density at radius 1 is 1.33 bits per heavy atom. The third kappa shape index (κ3) is 3.32. The Morgan fingerprint density at radius 2 is 2.00 bits per heavy atom. The van der Waals surface area contributed by atoms with Crippen LogP contribution in [0.25, 0.3) is 0 Å². The van der Waals surface area contributed by atoms with Crippen molar-refractivity contribution in [3.63, 3.8) is 0 Å². The second kappa shape index (κ2) is 5.27. The molecule has 0 aliphatic carbocycles. The summed E-state index contributed by atoms with van der Waals surface area (Å²) < 4.78 is 0. The minimum atomic E-state index is 0.0650. The SMILES string of the molecule is CC(C=O)SSc1ccccc1. The van der Waals surface area contributed by atoms with E-state index in [0.717, 1.165) is 6.29 Å². The van der Waals surface area contributed by atoms with Gasteiger partial charge >= 0.3 is 0 Å². The van der Waals surface area contributed by atoms with Crippen molar-refractivity contribution in [2.45, 2.75) is 17.1 Å². The topological polar surface area (TPSA) is 17.1 Å². The summed E-state index contributed by atoms with van der Waals surface area (Å²) in [7, 11) is 3.22. The second-order valence-corrected chi connectivity index (χ2v) is 4.99. The lowest BCUT2D eigenvalue weighted by molar-refractivity contribution is -0.107. The Labute approximate surface area is 80.3 Å². The van der Waals surface area contributed by atoms with Crippen LogP contribution < -0.4 is 0 Å². The van der Waals surface area contributed by atoms with E-state index in [-0.39, 0.29) is 5.25 Å². The largest absolute Gasteiger partial charge is 0.302 e. The van der Waals surface area contributed by atoms with Gasteiger partial charge in [-0.2, -0.15) is 0 Å². The summed E-state index contributed by atoms with van der Waals surface area (Å²) in [6, 6.07) is 10.0. The van der Waals surface area contributed by atoms with Crippen molar-refractivity contribution >= 4 is 27.9 Å². The van der Waals surface area contributed by atoms with E-state index in [1.165, 1.54) is 4.90 Å². The monoisotopic (exact) mass is 198 g/mol. The van der Waals surface area contributed by atoms with Gasteiger partial charge < -0.3 is 4.79 Å². The van der Waals surface area contributed by atoms with E-state index in [0.29, 0.717) is 0 Å². The van der Waals surface area contributed by atoms with Gasteiger partial charge in [-0.25, -0.2) is 0 Å². The molecular formula is C9H10OS2. The number of carbonyl (C=O) groups is 1. The highest BCUT2D eigenvalue weighted by atomic mass is 33.1. The summed E-state index contributed by atoms with van der Waals surface area (Å²) >= 11 is 0. The number of benzene rings is 1. The molecule has 0 aliphatic heterocycles. The molecule has 64 valence electrons.